The van der Waals surface area contributed by atoms with Crippen molar-refractivity contribution in [3.63, 3.8) is 0 Å². The number of ether oxygens (including phenoxy) is 1. The summed E-state index contributed by atoms with van der Waals surface area (Å²) < 4.78 is 5.17. The van der Waals surface area contributed by atoms with E-state index in [4.69, 9.17) is 4.74 Å². The van der Waals surface area contributed by atoms with Gasteiger partial charge in [0.05, 0.1) is 12.2 Å². The van der Waals surface area contributed by atoms with E-state index >= 15 is 0 Å². The molecule has 17 heavy (non-hydrogen) atoms. The van der Waals surface area contributed by atoms with Gasteiger partial charge in [-0.05, 0) is 38.8 Å². The molecule has 0 aliphatic heterocycles. The van der Waals surface area contributed by atoms with Crippen LogP contribution in [0.1, 0.15) is 40.5 Å². The van der Waals surface area contributed by atoms with Crippen molar-refractivity contribution in [2.75, 3.05) is 19.7 Å². The summed E-state index contributed by atoms with van der Waals surface area (Å²) in [6, 6.07) is 0.250. The van der Waals surface area contributed by atoms with Crippen LogP contribution in [-0.2, 0) is 9.53 Å². The van der Waals surface area contributed by atoms with Crippen LogP contribution in [0.3, 0.4) is 0 Å². The average Bonchev–Trinajstić information content (AvgIpc) is 2.32. The molecule has 0 saturated heterocycles. The Labute approximate surface area is 105 Å². The van der Waals surface area contributed by atoms with E-state index in [0.29, 0.717) is 12.5 Å². The first-order chi connectivity index (χ1) is 8.13. The molecule has 1 rings (SSSR count). The van der Waals surface area contributed by atoms with E-state index < -0.39 is 0 Å². The lowest BCUT2D eigenvalue weighted by atomic mass is 9.87. The summed E-state index contributed by atoms with van der Waals surface area (Å²) >= 11 is 0. The van der Waals surface area contributed by atoms with Crippen molar-refractivity contribution in [1.29, 1.82) is 0 Å². The van der Waals surface area contributed by atoms with Crippen molar-refractivity contribution < 1.29 is 9.53 Å². The molecule has 98 valence electrons. The molecule has 1 aliphatic rings. The number of carbonyl (C=O) groups is 1. The van der Waals surface area contributed by atoms with Crippen LogP contribution in [0.15, 0.2) is 11.6 Å². The quantitative estimate of drug-likeness (QED) is 0.691. The van der Waals surface area contributed by atoms with Crippen LogP contribution in [0.5, 0.6) is 0 Å². The molecule has 0 radical (unpaired) electrons. The van der Waals surface area contributed by atoms with Gasteiger partial charge in [0.15, 0.2) is 0 Å². The molecular weight excluding hydrogens is 214 g/mol. The van der Waals surface area contributed by atoms with Crippen molar-refractivity contribution in [1.82, 2.24) is 4.90 Å². The minimum atomic E-state index is -0.129. The number of hydrogen-bond acceptors (Lipinski definition) is 3. The molecule has 3 heteroatoms. The number of rotatable bonds is 5. The van der Waals surface area contributed by atoms with Gasteiger partial charge in [-0.3, -0.25) is 4.90 Å². The van der Waals surface area contributed by atoms with Crippen LogP contribution < -0.4 is 0 Å². The molecule has 0 saturated carbocycles. The topological polar surface area (TPSA) is 29.5 Å². The Kier molecular flexibility index (Phi) is 5.69. The van der Waals surface area contributed by atoms with Gasteiger partial charge in [-0.25, -0.2) is 4.79 Å². The second-order valence-electron chi connectivity index (χ2n) is 4.63. The van der Waals surface area contributed by atoms with Crippen LogP contribution in [0.4, 0.5) is 0 Å². The van der Waals surface area contributed by atoms with Gasteiger partial charge in [-0.1, -0.05) is 26.8 Å². The van der Waals surface area contributed by atoms with Gasteiger partial charge in [0.2, 0.25) is 0 Å². The molecule has 3 nitrogen and oxygen atoms in total. The fourth-order valence-electron chi connectivity index (χ4n) is 2.54. The predicted octanol–water partition coefficient (Wildman–Crippen LogP) is 2.62. The summed E-state index contributed by atoms with van der Waals surface area (Å²) in [5, 5.41) is 0. The molecule has 2 atom stereocenters. The molecule has 0 heterocycles. The number of likely N-dealkylation sites (N-methyl/N-ethyl adjacent to an activating group) is 1. The average molecular weight is 239 g/mol. The minimum Gasteiger partial charge on any atom is -0.463 e. The minimum absolute atomic E-state index is 0.129. The zero-order valence-electron chi connectivity index (χ0n) is 11.5. The van der Waals surface area contributed by atoms with Crippen LogP contribution in [0.2, 0.25) is 0 Å². The molecule has 0 fully saturated rings. The molecule has 0 aromatic rings. The Bertz CT molecular complexity index is 282. The SMILES string of the molecule is CCOC(=O)C1=C[C@H](C)CC[C@@H]1N(CC)CC. The maximum atomic E-state index is 12.0. The summed E-state index contributed by atoms with van der Waals surface area (Å²) in [5.41, 5.74) is 0.870. The lowest BCUT2D eigenvalue weighted by Gasteiger charge is -2.34. The van der Waals surface area contributed by atoms with Gasteiger partial charge in [-0.2, -0.15) is 0 Å². The lowest BCUT2D eigenvalue weighted by Crippen LogP contribution is -2.41. The third kappa shape index (κ3) is 3.56. The summed E-state index contributed by atoms with van der Waals surface area (Å²) in [6.07, 6.45) is 4.32. The van der Waals surface area contributed by atoms with Crippen molar-refractivity contribution in [2.24, 2.45) is 5.92 Å². The first-order valence-electron chi connectivity index (χ1n) is 6.76. The predicted molar refractivity (Wildman–Crippen MR) is 69.8 cm³/mol. The molecule has 0 spiro atoms. The van der Waals surface area contributed by atoms with E-state index in [9.17, 15) is 4.79 Å². The normalized spacial score (nSPS) is 24.6. The Balaban J connectivity index is 2.87. The van der Waals surface area contributed by atoms with Gasteiger partial charge in [0.1, 0.15) is 0 Å². The van der Waals surface area contributed by atoms with Gasteiger partial charge in [0.25, 0.3) is 0 Å². The second-order valence-corrected chi connectivity index (χ2v) is 4.63. The largest absolute Gasteiger partial charge is 0.463 e. The lowest BCUT2D eigenvalue weighted by molar-refractivity contribution is -0.139. The Morgan fingerprint density at radius 1 is 1.35 bits per heavy atom. The molecule has 0 aromatic heterocycles. The number of carbonyl (C=O) groups excluding carboxylic acids is 1. The smallest absolute Gasteiger partial charge is 0.335 e. The summed E-state index contributed by atoms with van der Waals surface area (Å²) in [5.74, 6) is 0.358. The maximum Gasteiger partial charge on any atom is 0.335 e. The fraction of sp³-hybridized carbons (Fsp3) is 0.786. The van der Waals surface area contributed by atoms with Crippen molar-refractivity contribution in [2.45, 2.75) is 46.6 Å². The van der Waals surface area contributed by atoms with E-state index in [1.165, 1.54) is 0 Å². The van der Waals surface area contributed by atoms with E-state index in [0.717, 1.165) is 31.5 Å². The standard InChI is InChI=1S/C14H25NO2/c1-5-15(6-2)13-9-8-11(4)10-12(13)14(16)17-7-3/h10-11,13H,5-9H2,1-4H3/t11-,13+/m1/s1. The zero-order valence-corrected chi connectivity index (χ0v) is 11.5. The third-order valence-corrected chi connectivity index (χ3v) is 3.48. The second kappa shape index (κ2) is 6.80. The van der Waals surface area contributed by atoms with Crippen LogP contribution in [0, 0.1) is 5.92 Å². The Morgan fingerprint density at radius 2 is 2.00 bits per heavy atom. The number of nitrogens with zero attached hydrogens (tertiary/aromatic N) is 1. The highest BCUT2D eigenvalue weighted by Crippen LogP contribution is 2.27. The highest BCUT2D eigenvalue weighted by Gasteiger charge is 2.30. The molecule has 0 amide bonds. The fourth-order valence-corrected chi connectivity index (χ4v) is 2.54. The summed E-state index contributed by atoms with van der Waals surface area (Å²) in [4.78, 5) is 14.3. The van der Waals surface area contributed by atoms with Crippen LogP contribution >= 0.6 is 0 Å². The summed E-state index contributed by atoms with van der Waals surface area (Å²) in [7, 11) is 0. The molecule has 0 bridgehead atoms. The van der Waals surface area contributed by atoms with E-state index in [2.05, 4.69) is 31.7 Å². The Hall–Kier alpha value is -0.830. The highest BCUT2D eigenvalue weighted by atomic mass is 16.5. The highest BCUT2D eigenvalue weighted by molar-refractivity contribution is 5.90. The van der Waals surface area contributed by atoms with Crippen molar-refractivity contribution >= 4 is 5.97 Å². The van der Waals surface area contributed by atoms with E-state index in [1.807, 2.05) is 6.92 Å². The van der Waals surface area contributed by atoms with Crippen LogP contribution in [-0.4, -0.2) is 36.6 Å². The maximum absolute atomic E-state index is 12.0. The third-order valence-electron chi connectivity index (χ3n) is 3.48. The Morgan fingerprint density at radius 3 is 2.53 bits per heavy atom. The first kappa shape index (κ1) is 14.2. The van der Waals surface area contributed by atoms with Gasteiger partial charge in [0, 0.05) is 6.04 Å². The number of hydrogen-bond donors (Lipinski definition) is 0. The van der Waals surface area contributed by atoms with Crippen molar-refractivity contribution in [3.8, 4) is 0 Å². The molecular formula is C14H25NO2. The molecule has 0 unspecified atom stereocenters. The van der Waals surface area contributed by atoms with Crippen LogP contribution in [0.25, 0.3) is 0 Å². The molecule has 0 N–H and O–H groups in total. The number of allylic oxidation sites excluding steroid dienone is 1. The van der Waals surface area contributed by atoms with Gasteiger partial charge in [-0.15, -0.1) is 0 Å². The summed E-state index contributed by atoms with van der Waals surface area (Å²) in [6.45, 7) is 10.7. The molecule has 1 aliphatic carbocycles. The zero-order chi connectivity index (χ0) is 12.8. The van der Waals surface area contributed by atoms with Gasteiger partial charge >= 0.3 is 5.97 Å². The van der Waals surface area contributed by atoms with Gasteiger partial charge < -0.3 is 4.74 Å². The first-order valence-corrected chi connectivity index (χ1v) is 6.76. The van der Waals surface area contributed by atoms with E-state index in [-0.39, 0.29) is 12.0 Å². The monoisotopic (exact) mass is 239 g/mol. The molecule has 0 aromatic carbocycles. The van der Waals surface area contributed by atoms with Crippen molar-refractivity contribution in [3.05, 3.63) is 11.6 Å². The van der Waals surface area contributed by atoms with E-state index in [1.54, 1.807) is 0 Å². The number of esters is 1.